The number of benzene rings is 2. The van der Waals surface area contributed by atoms with Crippen LogP contribution < -0.4 is 5.73 Å². The lowest BCUT2D eigenvalue weighted by atomic mass is 9.92. The van der Waals surface area contributed by atoms with Crippen LogP contribution in [0.2, 0.25) is 0 Å². The van der Waals surface area contributed by atoms with E-state index in [2.05, 4.69) is 4.90 Å². The van der Waals surface area contributed by atoms with Gasteiger partial charge in [0.05, 0.1) is 4.92 Å². The Hall–Kier alpha value is -2.73. The SMILES string of the molecule is NC(=O)C1c2ccccc2CCN1CCc1ccc([N+](=O)[O-])cc1. The van der Waals surface area contributed by atoms with E-state index in [1.807, 2.05) is 24.3 Å². The molecule has 0 radical (unpaired) electrons. The predicted molar refractivity (Wildman–Crippen MR) is 90.5 cm³/mol. The maximum atomic E-state index is 12.0. The van der Waals surface area contributed by atoms with Gasteiger partial charge in [-0.15, -0.1) is 0 Å². The quantitative estimate of drug-likeness (QED) is 0.674. The fourth-order valence-electron chi connectivity index (χ4n) is 3.25. The second-order valence-corrected chi connectivity index (χ2v) is 5.96. The molecular weight excluding hydrogens is 306 g/mol. The highest BCUT2D eigenvalue weighted by atomic mass is 16.6. The van der Waals surface area contributed by atoms with Gasteiger partial charge in [-0.1, -0.05) is 36.4 Å². The van der Waals surface area contributed by atoms with Gasteiger partial charge in [0, 0.05) is 25.2 Å². The minimum Gasteiger partial charge on any atom is -0.368 e. The molecule has 0 saturated heterocycles. The zero-order chi connectivity index (χ0) is 17.1. The largest absolute Gasteiger partial charge is 0.368 e. The van der Waals surface area contributed by atoms with Crippen LogP contribution in [0.1, 0.15) is 22.7 Å². The molecule has 0 aliphatic carbocycles. The molecule has 2 N–H and O–H groups in total. The number of non-ortho nitro benzene ring substituents is 1. The van der Waals surface area contributed by atoms with Gasteiger partial charge >= 0.3 is 0 Å². The van der Waals surface area contributed by atoms with E-state index in [0.29, 0.717) is 13.0 Å². The number of amides is 1. The minimum atomic E-state index is -0.409. The highest BCUT2D eigenvalue weighted by Gasteiger charge is 2.30. The summed E-state index contributed by atoms with van der Waals surface area (Å²) in [6.07, 6.45) is 1.60. The molecule has 0 bridgehead atoms. The van der Waals surface area contributed by atoms with E-state index in [1.54, 1.807) is 12.1 Å². The smallest absolute Gasteiger partial charge is 0.269 e. The van der Waals surface area contributed by atoms with Crippen LogP contribution in [0.4, 0.5) is 5.69 Å². The molecule has 2 aromatic carbocycles. The molecule has 0 fully saturated rings. The first-order valence-electron chi connectivity index (χ1n) is 7.91. The minimum absolute atomic E-state index is 0.0839. The molecule has 1 amide bonds. The highest BCUT2D eigenvalue weighted by Crippen LogP contribution is 2.29. The summed E-state index contributed by atoms with van der Waals surface area (Å²) >= 11 is 0. The normalized spacial score (nSPS) is 17.2. The fraction of sp³-hybridized carbons (Fsp3) is 0.278. The summed E-state index contributed by atoms with van der Waals surface area (Å²) in [6, 6.07) is 14.0. The highest BCUT2D eigenvalue weighted by molar-refractivity contribution is 5.82. The molecule has 24 heavy (non-hydrogen) atoms. The van der Waals surface area contributed by atoms with E-state index in [4.69, 9.17) is 5.73 Å². The van der Waals surface area contributed by atoms with Gasteiger partial charge in [-0.3, -0.25) is 19.8 Å². The van der Waals surface area contributed by atoms with Crippen molar-refractivity contribution in [2.45, 2.75) is 18.9 Å². The Balaban J connectivity index is 1.72. The first-order valence-corrected chi connectivity index (χ1v) is 7.91. The van der Waals surface area contributed by atoms with Crippen LogP contribution in [0.25, 0.3) is 0 Å². The Labute approximate surface area is 140 Å². The van der Waals surface area contributed by atoms with E-state index >= 15 is 0 Å². The average Bonchev–Trinajstić information content (AvgIpc) is 2.59. The Bertz CT molecular complexity index is 758. The van der Waals surface area contributed by atoms with Crippen molar-refractivity contribution in [2.75, 3.05) is 13.1 Å². The first-order chi connectivity index (χ1) is 11.6. The van der Waals surface area contributed by atoms with Crippen LogP contribution in [0.3, 0.4) is 0 Å². The number of carbonyl (C=O) groups excluding carboxylic acids is 1. The lowest BCUT2D eigenvalue weighted by Crippen LogP contribution is -2.43. The van der Waals surface area contributed by atoms with Gasteiger partial charge in [-0.2, -0.15) is 0 Å². The molecule has 2 aromatic rings. The monoisotopic (exact) mass is 325 g/mol. The van der Waals surface area contributed by atoms with Crippen molar-refractivity contribution in [1.29, 1.82) is 0 Å². The summed E-state index contributed by atoms with van der Waals surface area (Å²) in [5.74, 6) is -0.342. The van der Waals surface area contributed by atoms with Gasteiger partial charge in [0.2, 0.25) is 5.91 Å². The van der Waals surface area contributed by atoms with Gasteiger partial charge in [0.15, 0.2) is 0 Å². The van der Waals surface area contributed by atoms with E-state index in [0.717, 1.165) is 24.1 Å². The first kappa shape index (κ1) is 16.1. The zero-order valence-corrected chi connectivity index (χ0v) is 13.2. The Morgan fingerprint density at radius 1 is 1.21 bits per heavy atom. The summed E-state index contributed by atoms with van der Waals surface area (Å²) in [4.78, 5) is 24.3. The second-order valence-electron chi connectivity index (χ2n) is 5.96. The number of carbonyl (C=O) groups is 1. The number of hydrogen-bond acceptors (Lipinski definition) is 4. The van der Waals surface area contributed by atoms with Crippen LogP contribution in [0.15, 0.2) is 48.5 Å². The molecule has 1 unspecified atom stereocenters. The van der Waals surface area contributed by atoms with Crippen LogP contribution >= 0.6 is 0 Å². The second kappa shape index (κ2) is 6.80. The summed E-state index contributed by atoms with van der Waals surface area (Å²) in [5.41, 5.74) is 8.89. The molecule has 6 nitrogen and oxygen atoms in total. The molecule has 3 rings (SSSR count). The number of hydrogen-bond donors (Lipinski definition) is 1. The van der Waals surface area contributed by atoms with Crippen LogP contribution in [0, 0.1) is 10.1 Å². The topological polar surface area (TPSA) is 89.5 Å². The third-order valence-electron chi connectivity index (χ3n) is 4.49. The lowest BCUT2D eigenvalue weighted by Gasteiger charge is -2.35. The number of nitro benzene ring substituents is 1. The summed E-state index contributed by atoms with van der Waals surface area (Å²) in [6.45, 7) is 1.46. The Morgan fingerprint density at radius 3 is 2.58 bits per heavy atom. The molecule has 0 saturated carbocycles. The maximum absolute atomic E-state index is 12.0. The van der Waals surface area contributed by atoms with Crippen molar-refractivity contribution in [3.63, 3.8) is 0 Å². The van der Waals surface area contributed by atoms with Crippen molar-refractivity contribution in [3.05, 3.63) is 75.3 Å². The number of nitrogens with zero attached hydrogens (tertiary/aromatic N) is 2. The molecule has 6 heteroatoms. The number of nitro groups is 1. The fourth-order valence-corrected chi connectivity index (χ4v) is 3.25. The summed E-state index contributed by atoms with van der Waals surface area (Å²) < 4.78 is 0. The average molecular weight is 325 g/mol. The van der Waals surface area contributed by atoms with Crippen molar-refractivity contribution in [1.82, 2.24) is 4.90 Å². The van der Waals surface area contributed by atoms with Gasteiger partial charge < -0.3 is 5.73 Å². The lowest BCUT2D eigenvalue weighted by molar-refractivity contribution is -0.384. The molecule has 0 spiro atoms. The van der Waals surface area contributed by atoms with E-state index in [9.17, 15) is 14.9 Å². The van der Waals surface area contributed by atoms with Crippen LogP contribution in [-0.4, -0.2) is 28.8 Å². The molecule has 1 heterocycles. The standard InChI is InChI=1S/C18H19N3O3/c19-18(22)17-16-4-2-1-3-14(16)10-12-20(17)11-9-13-5-7-15(8-6-13)21(23)24/h1-8,17H,9-12H2,(H2,19,22). The summed E-state index contributed by atoms with van der Waals surface area (Å²) in [7, 11) is 0. The van der Waals surface area contributed by atoms with E-state index in [1.165, 1.54) is 17.7 Å². The van der Waals surface area contributed by atoms with Crippen LogP contribution in [-0.2, 0) is 17.6 Å². The number of rotatable bonds is 5. The Morgan fingerprint density at radius 2 is 1.92 bits per heavy atom. The van der Waals surface area contributed by atoms with Crippen molar-refractivity contribution in [3.8, 4) is 0 Å². The number of nitrogens with two attached hydrogens (primary N) is 1. The summed E-state index contributed by atoms with van der Waals surface area (Å²) in [5, 5.41) is 10.7. The van der Waals surface area contributed by atoms with Crippen LogP contribution in [0.5, 0.6) is 0 Å². The molecule has 1 aliphatic rings. The Kier molecular flexibility index (Phi) is 4.57. The predicted octanol–water partition coefficient (Wildman–Crippen LogP) is 2.22. The van der Waals surface area contributed by atoms with E-state index in [-0.39, 0.29) is 11.6 Å². The molecule has 124 valence electrons. The number of fused-ring (bicyclic) bond motifs is 1. The van der Waals surface area contributed by atoms with Crippen molar-refractivity contribution >= 4 is 11.6 Å². The van der Waals surface area contributed by atoms with Crippen molar-refractivity contribution in [2.24, 2.45) is 5.73 Å². The molecule has 1 aliphatic heterocycles. The van der Waals surface area contributed by atoms with E-state index < -0.39 is 11.0 Å². The zero-order valence-electron chi connectivity index (χ0n) is 13.2. The molecule has 1 atom stereocenters. The van der Waals surface area contributed by atoms with Gasteiger partial charge in [-0.25, -0.2) is 0 Å². The number of primary amides is 1. The van der Waals surface area contributed by atoms with Gasteiger partial charge in [0.25, 0.3) is 5.69 Å². The van der Waals surface area contributed by atoms with Gasteiger partial charge in [0.1, 0.15) is 6.04 Å². The third kappa shape index (κ3) is 3.28. The maximum Gasteiger partial charge on any atom is 0.269 e. The molecular formula is C18H19N3O3. The third-order valence-corrected chi connectivity index (χ3v) is 4.49. The van der Waals surface area contributed by atoms with Gasteiger partial charge in [-0.05, 0) is 29.5 Å². The van der Waals surface area contributed by atoms with Crippen molar-refractivity contribution < 1.29 is 9.72 Å². The molecule has 0 aromatic heterocycles.